The number of aryl methyl sites for hydroxylation is 1. The van der Waals surface area contributed by atoms with Gasteiger partial charge in [-0.05, 0) is 43.9 Å². The van der Waals surface area contributed by atoms with Gasteiger partial charge in [-0.25, -0.2) is 32.9 Å². The van der Waals surface area contributed by atoms with Crippen molar-refractivity contribution in [3.63, 3.8) is 0 Å². The number of amides is 1. The molecule has 0 aliphatic heterocycles. The highest BCUT2D eigenvalue weighted by Crippen LogP contribution is 2.67. The zero-order chi connectivity index (χ0) is 32.0. The van der Waals surface area contributed by atoms with Gasteiger partial charge in [-0.1, -0.05) is 6.07 Å². The minimum atomic E-state index is -5.08. The third-order valence-electron chi connectivity index (χ3n) is 6.77. The Bertz CT molecular complexity index is 1640. The number of benzene rings is 1. The monoisotopic (exact) mass is 636 g/mol. The van der Waals surface area contributed by atoms with E-state index < -0.39 is 51.8 Å². The van der Waals surface area contributed by atoms with Crippen LogP contribution < -0.4 is 15.8 Å². The number of hydrogen-bond donors (Lipinski definition) is 4. The van der Waals surface area contributed by atoms with E-state index in [0.29, 0.717) is 11.3 Å². The molecule has 0 unspecified atom stereocenters. The predicted molar refractivity (Wildman–Crippen MR) is 134 cm³/mol. The predicted octanol–water partition coefficient (Wildman–Crippen LogP) is 2.13. The minimum absolute atomic E-state index is 0.0238. The van der Waals surface area contributed by atoms with Gasteiger partial charge in [-0.2, -0.15) is 36.1 Å². The molecule has 3 saturated carbocycles. The van der Waals surface area contributed by atoms with Gasteiger partial charge in [0, 0.05) is 11.1 Å². The number of sulfonamides is 1. The number of hydrogen-bond acceptors (Lipinski definition) is 9. The van der Waals surface area contributed by atoms with Gasteiger partial charge in [-0.3, -0.25) is 4.79 Å². The van der Waals surface area contributed by atoms with Crippen LogP contribution >= 0.6 is 0 Å². The number of nitrogens with one attached hydrogen (secondary N) is 2. The van der Waals surface area contributed by atoms with Crippen molar-refractivity contribution in [2.45, 2.75) is 49.0 Å². The van der Waals surface area contributed by atoms with Gasteiger partial charge in [0.1, 0.15) is 19.2 Å². The number of carboxylic acid groups (broad SMARTS) is 1. The molecule has 232 valence electrons. The van der Waals surface area contributed by atoms with Gasteiger partial charge >= 0.3 is 18.3 Å². The van der Waals surface area contributed by atoms with Gasteiger partial charge < -0.3 is 16.2 Å². The number of alkyl halides is 6. The summed E-state index contributed by atoms with van der Waals surface area (Å²) in [5.41, 5.74) is 5.73. The zero-order valence-electron chi connectivity index (χ0n) is 21.9. The summed E-state index contributed by atoms with van der Waals surface area (Å²) in [6.07, 6.45) is -5.02. The molecule has 5 N–H and O–H groups in total. The Hall–Kier alpha value is -4.33. The first-order chi connectivity index (χ1) is 19.8. The molecule has 1 amide bonds. The van der Waals surface area contributed by atoms with Crippen LogP contribution in [-0.4, -0.2) is 74.6 Å². The molecule has 0 saturated heterocycles. The molecule has 0 radical (unpaired) electrons. The number of halogens is 6. The molecule has 1 aromatic carbocycles. The Balaban J connectivity index is 0.000000541. The number of nitrogens with two attached hydrogens (primary N) is 1. The van der Waals surface area contributed by atoms with E-state index in [9.17, 15) is 39.6 Å². The van der Waals surface area contributed by atoms with E-state index in [2.05, 4.69) is 24.8 Å². The number of carbonyl (C=O) groups is 2. The molecule has 3 fully saturated rings. The van der Waals surface area contributed by atoms with E-state index in [-0.39, 0.29) is 35.8 Å². The average molecular weight is 637 g/mol. The van der Waals surface area contributed by atoms with Crippen LogP contribution in [0, 0.1) is 12.3 Å². The Kier molecular flexibility index (Phi) is 7.89. The van der Waals surface area contributed by atoms with E-state index in [0.717, 1.165) is 5.56 Å². The summed E-state index contributed by atoms with van der Waals surface area (Å²) in [5, 5.41) is 13.0. The molecular weight excluding hydrogens is 614 g/mol. The largest absolute Gasteiger partial charge is 0.490 e. The topological polar surface area (TPSA) is 195 Å². The molecule has 2 aromatic heterocycles. The van der Waals surface area contributed by atoms with Crippen LogP contribution in [0.25, 0.3) is 17.1 Å². The van der Waals surface area contributed by atoms with Gasteiger partial charge in [0.25, 0.3) is 0 Å². The lowest BCUT2D eigenvalue weighted by molar-refractivity contribution is -0.192. The maximum absolute atomic E-state index is 13.2. The molecule has 43 heavy (non-hydrogen) atoms. The summed E-state index contributed by atoms with van der Waals surface area (Å²) < 4.78 is 99.2. The molecule has 2 heterocycles. The van der Waals surface area contributed by atoms with Crippen LogP contribution in [-0.2, 0) is 19.6 Å². The number of aliphatic carboxylic acids is 1. The fraction of sp³-hybridized carbons (Fsp3) is 0.391. The lowest BCUT2D eigenvalue weighted by Crippen LogP contribution is -2.78. The quantitative estimate of drug-likeness (QED) is 0.279. The van der Waals surface area contributed by atoms with Crippen LogP contribution in [0.2, 0.25) is 0 Å². The molecule has 20 heteroatoms. The highest BCUT2D eigenvalue weighted by atomic mass is 32.2. The van der Waals surface area contributed by atoms with E-state index in [4.69, 9.17) is 15.6 Å². The van der Waals surface area contributed by atoms with Crippen molar-refractivity contribution in [1.82, 2.24) is 34.8 Å². The number of aromatic nitrogens is 5. The van der Waals surface area contributed by atoms with Crippen molar-refractivity contribution in [3.8, 4) is 17.1 Å². The number of nitrogens with zero attached hydrogens (tertiary/aromatic N) is 5. The molecule has 0 spiro atoms. The molecule has 3 aliphatic carbocycles. The van der Waals surface area contributed by atoms with Crippen molar-refractivity contribution >= 4 is 27.7 Å². The number of rotatable bonds is 7. The Morgan fingerprint density at radius 1 is 1.14 bits per heavy atom. The summed E-state index contributed by atoms with van der Waals surface area (Å²) in [6, 6.07) is 4.53. The number of anilines is 1. The van der Waals surface area contributed by atoms with Gasteiger partial charge in [0.05, 0.1) is 22.2 Å². The Labute approximate surface area is 238 Å². The van der Waals surface area contributed by atoms with Crippen LogP contribution in [0.3, 0.4) is 0 Å². The summed E-state index contributed by atoms with van der Waals surface area (Å²) >= 11 is 0. The van der Waals surface area contributed by atoms with Crippen molar-refractivity contribution in [3.05, 3.63) is 42.6 Å². The van der Waals surface area contributed by atoms with Crippen molar-refractivity contribution in [1.29, 1.82) is 0 Å². The SMILES string of the molecule is Cc1ccc(S(=O)(=O)NC23CC(C(=O)NCC(F)(F)F)(C2)C3)cc1-c1cnc(N)c(-n2cncn2)n1.O=C(O)C(F)(F)F. The highest BCUT2D eigenvalue weighted by Gasteiger charge is 2.72. The molecular formula is C23H22F6N8O5S. The van der Waals surface area contributed by atoms with Crippen molar-refractivity contribution in [2.75, 3.05) is 12.3 Å². The number of nitrogen functional groups attached to an aromatic ring is 1. The number of carboxylic acids is 1. The second-order valence-electron chi connectivity index (χ2n) is 10.1. The molecule has 2 bridgehead atoms. The van der Waals surface area contributed by atoms with Crippen LogP contribution in [0.4, 0.5) is 32.2 Å². The van der Waals surface area contributed by atoms with E-state index >= 15 is 0 Å². The van der Waals surface area contributed by atoms with E-state index in [1.54, 1.807) is 13.0 Å². The van der Waals surface area contributed by atoms with E-state index in [1.807, 2.05) is 5.32 Å². The van der Waals surface area contributed by atoms with Gasteiger partial charge in [0.2, 0.25) is 15.9 Å². The summed E-state index contributed by atoms with van der Waals surface area (Å²) in [5.74, 6) is -3.11. The summed E-state index contributed by atoms with van der Waals surface area (Å²) in [4.78, 5) is 33.5. The second-order valence-corrected chi connectivity index (χ2v) is 11.8. The van der Waals surface area contributed by atoms with Crippen molar-refractivity contribution < 1.29 is 49.5 Å². The lowest BCUT2D eigenvalue weighted by atomic mass is 9.39. The standard InChI is InChI=1S/C21H21F3N8O3S.C2HF3O2/c1-12-2-3-13(4-14(12)15-5-27-16(25)17(30-15)32-11-26-10-29-32)36(34,35)31-20-6-19(7-20,8-20)18(33)28-9-21(22,23)24;3-2(4,5)1(6)7/h2-5,10-11,31H,6-9H2,1H3,(H2,25,27)(H,28,33);(H,6,7). The van der Waals surface area contributed by atoms with Gasteiger partial charge in [-0.15, -0.1) is 0 Å². The normalized spacial score (nSPS) is 21.1. The Morgan fingerprint density at radius 2 is 1.77 bits per heavy atom. The highest BCUT2D eigenvalue weighted by molar-refractivity contribution is 7.89. The minimum Gasteiger partial charge on any atom is -0.475 e. The van der Waals surface area contributed by atoms with Crippen LogP contribution in [0.1, 0.15) is 24.8 Å². The molecule has 3 aromatic rings. The lowest BCUT2D eigenvalue weighted by Gasteiger charge is -2.68. The van der Waals surface area contributed by atoms with Gasteiger partial charge in [0.15, 0.2) is 11.6 Å². The van der Waals surface area contributed by atoms with Crippen LogP contribution in [0.15, 0.2) is 41.9 Å². The maximum atomic E-state index is 13.2. The first-order valence-electron chi connectivity index (χ1n) is 12.0. The first kappa shape index (κ1) is 31.6. The Morgan fingerprint density at radius 3 is 2.30 bits per heavy atom. The maximum Gasteiger partial charge on any atom is 0.490 e. The van der Waals surface area contributed by atoms with E-state index in [1.165, 1.54) is 35.7 Å². The molecule has 3 aliphatic rings. The zero-order valence-corrected chi connectivity index (χ0v) is 22.7. The fourth-order valence-electron chi connectivity index (χ4n) is 4.90. The molecule has 0 atom stereocenters. The van der Waals surface area contributed by atoms with Crippen LogP contribution in [0.5, 0.6) is 0 Å². The number of carbonyl (C=O) groups excluding carboxylic acids is 1. The summed E-state index contributed by atoms with van der Waals surface area (Å²) in [7, 11) is -4.00. The van der Waals surface area contributed by atoms with Crippen molar-refractivity contribution in [2.24, 2.45) is 5.41 Å². The average Bonchev–Trinajstić information content (AvgIpc) is 3.39. The first-order valence-corrected chi connectivity index (χ1v) is 13.5. The fourth-order valence-corrected chi connectivity index (χ4v) is 6.32. The third-order valence-corrected chi connectivity index (χ3v) is 8.34. The second kappa shape index (κ2) is 10.7. The molecule has 13 nitrogen and oxygen atoms in total. The third kappa shape index (κ3) is 6.69. The summed E-state index contributed by atoms with van der Waals surface area (Å²) in [6.45, 7) is 0.377. The molecule has 6 rings (SSSR count). The smallest absolute Gasteiger partial charge is 0.475 e.